The zero-order valence-electron chi connectivity index (χ0n) is 18.3. The van der Waals surface area contributed by atoms with E-state index in [9.17, 15) is 18.8 Å². The highest BCUT2D eigenvalue weighted by Crippen LogP contribution is 2.49. The van der Waals surface area contributed by atoms with Crippen LogP contribution in [0.25, 0.3) is 11.3 Å². The predicted molar refractivity (Wildman–Crippen MR) is 114 cm³/mol. The molecule has 1 aliphatic carbocycles. The van der Waals surface area contributed by atoms with E-state index in [-0.39, 0.29) is 41.2 Å². The minimum Gasteiger partial charge on any atom is -0.469 e. The highest BCUT2D eigenvalue weighted by Gasteiger charge is 2.59. The Morgan fingerprint density at radius 2 is 2.00 bits per heavy atom. The van der Waals surface area contributed by atoms with Crippen molar-refractivity contribution in [3.63, 3.8) is 0 Å². The van der Waals surface area contributed by atoms with Gasteiger partial charge in [0.1, 0.15) is 0 Å². The first-order chi connectivity index (χ1) is 15.3. The van der Waals surface area contributed by atoms with E-state index in [1.54, 1.807) is 7.05 Å². The van der Waals surface area contributed by atoms with Gasteiger partial charge in [-0.3, -0.25) is 23.9 Å². The number of halogens is 1. The lowest BCUT2D eigenvalue weighted by molar-refractivity contribution is -0.140. The van der Waals surface area contributed by atoms with Gasteiger partial charge in [0.2, 0.25) is 11.9 Å². The van der Waals surface area contributed by atoms with Crippen LogP contribution in [0.2, 0.25) is 0 Å². The summed E-state index contributed by atoms with van der Waals surface area (Å²) in [5, 5.41) is 0. The lowest BCUT2D eigenvalue weighted by Crippen LogP contribution is -2.38. The Morgan fingerprint density at radius 1 is 1.28 bits per heavy atom. The Labute approximate surface area is 184 Å². The molecule has 2 aromatic heterocycles. The summed E-state index contributed by atoms with van der Waals surface area (Å²) in [6.07, 6.45) is 3.60. The van der Waals surface area contributed by atoms with Crippen molar-refractivity contribution in [3.05, 3.63) is 40.7 Å². The standard InChI is InChI=1S/C22H26FN5O4/c1-26-19(30)9-17(13-7-8-24-10-16(13)23)25-22(26)27(2)21-14-11-28(12-15(14)21)18(29)5-4-6-20(31)32-3/h7-10,14-15,21H,4-6,11-12H2,1-3H3/t14-,15+,21+. The molecule has 3 heterocycles. The van der Waals surface area contributed by atoms with E-state index in [0.717, 1.165) is 6.20 Å². The van der Waals surface area contributed by atoms with Crippen molar-refractivity contribution in [1.29, 1.82) is 0 Å². The molecule has 9 nitrogen and oxygen atoms in total. The van der Waals surface area contributed by atoms with Gasteiger partial charge in [0.15, 0.2) is 5.82 Å². The molecule has 170 valence electrons. The molecule has 0 N–H and O–H groups in total. The summed E-state index contributed by atoms with van der Waals surface area (Å²) >= 11 is 0. The zero-order valence-corrected chi connectivity index (χ0v) is 18.3. The predicted octanol–water partition coefficient (Wildman–Crippen LogP) is 1.22. The number of rotatable bonds is 7. The van der Waals surface area contributed by atoms with Crippen LogP contribution in [0.3, 0.4) is 0 Å². The summed E-state index contributed by atoms with van der Waals surface area (Å²) in [4.78, 5) is 48.3. The van der Waals surface area contributed by atoms with Crippen LogP contribution in [0, 0.1) is 17.7 Å². The van der Waals surface area contributed by atoms with Crippen molar-refractivity contribution in [1.82, 2.24) is 19.4 Å². The van der Waals surface area contributed by atoms with Crippen molar-refractivity contribution in [2.45, 2.75) is 25.3 Å². The van der Waals surface area contributed by atoms with Crippen LogP contribution in [0.1, 0.15) is 19.3 Å². The summed E-state index contributed by atoms with van der Waals surface area (Å²) < 4.78 is 20.2. The summed E-state index contributed by atoms with van der Waals surface area (Å²) in [5.41, 5.74) is 0.219. The van der Waals surface area contributed by atoms with E-state index >= 15 is 0 Å². The fraction of sp³-hybridized carbons (Fsp3) is 0.500. The van der Waals surface area contributed by atoms with E-state index in [1.165, 1.54) is 30.0 Å². The number of hydrogen-bond donors (Lipinski definition) is 0. The van der Waals surface area contributed by atoms with Crippen molar-refractivity contribution in [3.8, 4) is 11.3 Å². The number of esters is 1. The maximum atomic E-state index is 14.2. The van der Waals surface area contributed by atoms with Crippen LogP contribution in [0.15, 0.2) is 29.3 Å². The van der Waals surface area contributed by atoms with Gasteiger partial charge < -0.3 is 14.5 Å². The van der Waals surface area contributed by atoms with Crippen LogP contribution in [0.4, 0.5) is 10.3 Å². The second-order valence-electron chi connectivity index (χ2n) is 8.35. The number of methoxy groups -OCH3 is 1. The highest BCUT2D eigenvalue weighted by molar-refractivity contribution is 5.78. The molecule has 1 aliphatic heterocycles. The molecule has 32 heavy (non-hydrogen) atoms. The molecule has 1 amide bonds. The molecule has 2 fully saturated rings. The topological polar surface area (TPSA) is 97.6 Å². The third kappa shape index (κ3) is 4.09. The Morgan fingerprint density at radius 3 is 2.66 bits per heavy atom. The average Bonchev–Trinajstić information content (AvgIpc) is 3.27. The number of hydrogen-bond acceptors (Lipinski definition) is 7. The van der Waals surface area contributed by atoms with Gasteiger partial charge in [-0.2, -0.15) is 0 Å². The largest absolute Gasteiger partial charge is 0.469 e. The average molecular weight is 443 g/mol. The minimum atomic E-state index is -0.536. The molecule has 0 radical (unpaired) electrons. The van der Waals surface area contributed by atoms with E-state index < -0.39 is 5.82 Å². The molecular weight excluding hydrogens is 417 g/mol. The number of carbonyl (C=O) groups excluding carboxylic acids is 2. The van der Waals surface area contributed by atoms with Gasteiger partial charge in [-0.1, -0.05) is 0 Å². The first kappa shape index (κ1) is 21.9. The van der Waals surface area contributed by atoms with Gasteiger partial charge in [-0.25, -0.2) is 9.37 Å². The Hall–Kier alpha value is -3.30. The van der Waals surface area contributed by atoms with Gasteiger partial charge >= 0.3 is 5.97 Å². The maximum absolute atomic E-state index is 14.2. The number of pyridine rings is 1. The van der Waals surface area contributed by atoms with Gasteiger partial charge in [-0.05, 0) is 12.5 Å². The Kier molecular flexibility index (Phi) is 5.94. The Bertz CT molecular complexity index is 1090. The molecule has 3 atom stereocenters. The monoisotopic (exact) mass is 443 g/mol. The summed E-state index contributed by atoms with van der Waals surface area (Å²) in [6, 6.07) is 2.97. The van der Waals surface area contributed by atoms with Crippen LogP contribution in [-0.2, 0) is 21.4 Å². The molecule has 2 aliphatic rings. The first-order valence-electron chi connectivity index (χ1n) is 10.6. The second-order valence-corrected chi connectivity index (χ2v) is 8.35. The van der Waals surface area contributed by atoms with Crippen molar-refractivity contribution < 1.29 is 18.7 Å². The molecule has 0 spiro atoms. The third-order valence-electron chi connectivity index (χ3n) is 6.42. The molecule has 1 saturated carbocycles. The van der Waals surface area contributed by atoms with Gasteiger partial charge in [-0.15, -0.1) is 0 Å². The summed E-state index contributed by atoms with van der Waals surface area (Å²) in [6.45, 7) is 1.28. The zero-order chi connectivity index (χ0) is 23.0. The number of anilines is 1. The van der Waals surface area contributed by atoms with Crippen LogP contribution < -0.4 is 10.5 Å². The molecule has 2 aromatic rings. The molecule has 4 rings (SSSR count). The van der Waals surface area contributed by atoms with Crippen molar-refractivity contribution >= 4 is 17.8 Å². The fourth-order valence-electron chi connectivity index (χ4n) is 4.61. The van der Waals surface area contributed by atoms with Gasteiger partial charge in [0, 0.05) is 75.7 Å². The number of likely N-dealkylation sites (tertiary alicyclic amines) is 1. The van der Waals surface area contributed by atoms with E-state index in [4.69, 9.17) is 0 Å². The number of ether oxygens (including phenoxy) is 1. The molecule has 10 heteroatoms. The summed E-state index contributed by atoms with van der Waals surface area (Å²) in [7, 11) is 4.85. The van der Waals surface area contributed by atoms with Crippen LogP contribution >= 0.6 is 0 Å². The first-order valence-corrected chi connectivity index (χ1v) is 10.6. The maximum Gasteiger partial charge on any atom is 0.305 e. The smallest absolute Gasteiger partial charge is 0.305 e. The molecule has 0 unspecified atom stereocenters. The second kappa shape index (κ2) is 8.68. The number of nitrogens with zero attached hydrogens (tertiary/aromatic N) is 5. The number of amides is 1. The van der Waals surface area contributed by atoms with E-state index in [0.29, 0.717) is 43.7 Å². The van der Waals surface area contributed by atoms with Crippen molar-refractivity contribution in [2.75, 3.05) is 32.1 Å². The SMILES string of the molecule is COC(=O)CCCC(=O)N1C[C@@H]2[C@H](C1)[C@H]2N(C)c1nc(-c2ccncc2F)cc(=O)n1C. The number of aromatic nitrogens is 3. The van der Waals surface area contributed by atoms with E-state index in [1.807, 2.05) is 16.8 Å². The number of carbonyl (C=O) groups is 2. The quantitative estimate of drug-likeness (QED) is 0.594. The normalized spacial score (nSPS) is 21.2. The molecular formula is C22H26FN5O4. The van der Waals surface area contributed by atoms with Gasteiger partial charge in [0.25, 0.3) is 5.56 Å². The molecule has 0 aromatic carbocycles. The lowest BCUT2D eigenvalue weighted by atomic mass is 10.2. The summed E-state index contributed by atoms with van der Waals surface area (Å²) in [5.74, 6) is 0.245. The van der Waals surface area contributed by atoms with Crippen LogP contribution in [0.5, 0.6) is 0 Å². The Balaban J connectivity index is 1.42. The number of piperidine rings is 1. The van der Waals surface area contributed by atoms with Crippen LogP contribution in [-0.4, -0.2) is 64.6 Å². The highest BCUT2D eigenvalue weighted by atomic mass is 19.1. The number of fused-ring (bicyclic) bond motifs is 1. The molecule has 0 bridgehead atoms. The fourth-order valence-corrected chi connectivity index (χ4v) is 4.61. The molecule has 1 saturated heterocycles. The third-order valence-corrected chi connectivity index (χ3v) is 6.42. The van der Waals surface area contributed by atoms with Gasteiger partial charge in [0.05, 0.1) is 19.0 Å². The minimum absolute atomic E-state index is 0.0446. The lowest BCUT2D eigenvalue weighted by Gasteiger charge is -2.26. The van der Waals surface area contributed by atoms with Crippen molar-refractivity contribution in [2.24, 2.45) is 18.9 Å². The van der Waals surface area contributed by atoms with E-state index in [2.05, 4.69) is 14.7 Å².